The fourth-order valence-electron chi connectivity index (χ4n) is 1.88. The number of anilines is 1. The minimum absolute atomic E-state index is 0.0404. The Hall–Kier alpha value is -2.63. The predicted octanol–water partition coefficient (Wildman–Crippen LogP) is 1.35. The van der Waals surface area contributed by atoms with Crippen LogP contribution in [0.3, 0.4) is 0 Å². The topological polar surface area (TPSA) is 76.0 Å². The van der Waals surface area contributed by atoms with Crippen LogP contribution in [0, 0.1) is 0 Å². The molecule has 110 valence electrons. The monoisotopic (exact) mass is 286 g/mol. The third-order valence-corrected chi connectivity index (χ3v) is 2.96. The van der Waals surface area contributed by atoms with Gasteiger partial charge in [0.1, 0.15) is 0 Å². The van der Waals surface area contributed by atoms with Crippen molar-refractivity contribution in [2.75, 3.05) is 11.9 Å². The summed E-state index contributed by atoms with van der Waals surface area (Å²) in [6, 6.07) is 9.03. The second-order valence-corrected chi connectivity index (χ2v) is 4.76. The van der Waals surface area contributed by atoms with E-state index in [1.807, 2.05) is 12.1 Å². The van der Waals surface area contributed by atoms with E-state index in [0.717, 1.165) is 12.0 Å². The number of aryl methyl sites for hydroxylation is 1. The molecule has 21 heavy (non-hydrogen) atoms. The Morgan fingerprint density at radius 2 is 1.90 bits per heavy atom. The van der Waals surface area contributed by atoms with Crippen LogP contribution >= 0.6 is 0 Å². The van der Waals surface area contributed by atoms with Crippen LogP contribution in [0.4, 0.5) is 5.82 Å². The largest absolute Gasteiger partial charge is 0.356 e. The summed E-state index contributed by atoms with van der Waals surface area (Å²) < 4.78 is 1.63. The lowest BCUT2D eigenvalue weighted by molar-refractivity contribution is -0.118. The molecule has 6 nitrogen and oxygen atoms in total. The molecule has 1 aromatic heterocycles. The molecule has 0 radical (unpaired) electrons. The maximum atomic E-state index is 12.0. The van der Waals surface area contributed by atoms with Crippen LogP contribution in [0.2, 0.25) is 0 Å². The Balaban J connectivity index is 1.91. The third kappa shape index (κ3) is 4.45. The fraction of sp³-hybridized carbons (Fsp3) is 0.267. The van der Waals surface area contributed by atoms with Crippen molar-refractivity contribution < 1.29 is 9.59 Å². The molecular weight excluding hydrogens is 268 g/mol. The van der Waals surface area contributed by atoms with E-state index >= 15 is 0 Å². The summed E-state index contributed by atoms with van der Waals surface area (Å²) >= 11 is 0. The zero-order valence-corrected chi connectivity index (χ0v) is 12.1. The molecule has 1 aromatic carbocycles. The lowest BCUT2D eigenvalue weighted by Crippen LogP contribution is -2.22. The fourth-order valence-corrected chi connectivity index (χ4v) is 1.88. The number of carbonyl (C=O) groups is 2. The van der Waals surface area contributed by atoms with E-state index in [0.29, 0.717) is 17.9 Å². The van der Waals surface area contributed by atoms with Crippen molar-refractivity contribution in [3.8, 4) is 0 Å². The lowest BCUT2D eigenvalue weighted by Gasteiger charge is -2.05. The average molecular weight is 286 g/mol. The summed E-state index contributed by atoms with van der Waals surface area (Å²) in [5.74, 6) is 0.292. The molecule has 0 saturated carbocycles. The molecule has 0 unspecified atom stereocenters. The van der Waals surface area contributed by atoms with Gasteiger partial charge in [0.25, 0.3) is 5.91 Å². The van der Waals surface area contributed by atoms with Gasteiger partial charge in [-0.25, -0.2) is 0 Å². The van der Waals surface area contributed by atoms with Crippen LogP contribution in [0.5, 0.6) is 0 Å². The van der Waals surface area contributed by atoms with E-state index in [9.17, 15) is 9.59 Å². The van der Waals surface area contributed by atoms with E-state index in [4.69, 9.17) is 0 Å². The van der Waals surface area contributed by atoms with Crippen molar-refractivity contribution in [1.82, 2.24) is 15.1 Å². The first-order valence-electron chi connectivity index (χ1n) is 6.69. The van der Waals surface area contributed by atoms with E-state index in [1.165, 1.54) is 6.92 Å². The molecule has 0 aliphatic carbocycles. The van der Waals surface area contributed by atoms with Crippen LogP contribution in [-0.4, -0.2) is 28.1 Å². The van der Waals surface area contributed by atoms with Crippen molar-refractivity contribution in [2.24, 2.45) is 7.05 Å². The van der Waals surface area contributed by atoms with Gasteiger partial charge < -0.3 is 10.6 Å². The Morgan fingerprint density at radius 3 is 2.48 bits per heavy atom. The molecule has 6 heteroatoms. The number of rotatable bonds is 5. The van der Waals surface area contributed by atoms with E-state index < -0.39 is 0 Å². The maximum Gasteiger partial charge on any atom is 0.256 e. The summed E-state index contributed by atoms with van der Waals surface area (Å²) in [5, 5.41) is 9.56. The molecule has 0 atom stereocenters. The van der Waals surface area contributed by atoms with Gasteiger partial charge >= 0.3 is 0 Å². The van der Waals surface area contributed by atoms with Crippen molar-refractivity contribution in [2.45, 2.75) is 13.3 Å². The van der Waals surface area contributed by atoms with Crippen molar-refractivity contribution in [3.63, 3.8) is 0 Å². The minimum Gasteiger partial charge on any atom is -0.356 e. The highest BCUT2D eigenvalue weighted by molar-refractivity contribution is 6.03. The first kappa shape index (κ1) is 14.8. The Labute approximate surface area is 123 Å². The molecule has 0 aliphatic rings. The quantitative estimate of drug-likeness (QED) is 0.871. The smallest absolute Gasteiger partial charge is 0.256 e. The standard InChI is InChI=1S/C15H18N4O2/c1-11(20)16-9-7-12-3-5-13(6-4-12)15(21)17-14-8-10-19(2)18-14/h3-6,8,10H,7,9H2,1-2H3,(H,16,20)(H,17,18,21). The highest BCUT2D eigenvalue weighted by atomic mass is 16.2. The maximum absolute atomic E-state index is 12.0. The van der Waals surface area contributed by atoms with Gasteiger partial charge in [-0.3, -0.25) is 14.3 Å². The van der Waals surface area contributed by atoms with Crippen molar-refractivity contribution in [1.29, 1.82) is 0 Å². The number of benzene rings is 1. The zero-order chi connectivity index (χ0) is 15.2. The van der Waals surface area contributed by atoms with Crippen molar-refractivity contribution in [3.05, 3.63) is 47.7 Å². The number of amides is 2. The Morgan fingerprint density at radius 1 is 1.19 bits per heavy atom. The summed E-state index contributed by atoms with van der Waals surface area (Å²) in [4.78, 5) is 22.8. The molecule has 0 fully saturated rings. The van der Waals surface area contributed by atoms with Gasteiger partial charge in [0.2, 0.25) is 5.91 Å². The molecule has 0 aliphatic heterocycles. The molecule has 2 aromatic rings. The predicted molar refractivity (Wildman–Crippen MR) is 80.0 cm³/mol. The first-order chi connectivity index (χ1) is 10.0. The highest BCUT2D eigenvalue weighted by Crippen LogP contribution is 2.08. The van der Waals surface area contributed by atoms with Gasteiger partial charge in [0.15, 0.2) is 5.82 Å². The average Bonchev–Trinajstić information content (AvgIpc) is 2.84. The molecule has 0 saturated heterocycles. The molecule has 2 amide bonds. The number of nitrogens with zero attached hydrogens (tertiary/aromatic N) is 2. The van der Waals surface area contributed by atoms with Gasteiger partial charge in [-0.2, -0.15) is 5.10 Å². The second-order valence-electron chi connectivity index (χ2n) is 4.76. The minimum atomic E-state index is -0.192. The van der Waals surface area contributed by atoms with E-state index in [-0.39, 0.29) is 11.8 Å². The molecule has 1 heterocycles. The van der Waals surface area contributed by atoms with Gasteiger partial charge in [0.05, 0.1) is 0 Å². The summed E-state index contributed by atoms with van der Waals surface area (Å²) in [6.07, 6.45) is 2.50. The lowest BCUT2D eigenvalue weighted by atomic mass is 10.1. The summed E-state index contributed by atoms with van der Waals surface area (Å²) in [7, 11) is 1.79. The van der Waals surface area contributed by atoms with E-state index in [1.54, 1.807) is 36.1 Å². The number of hydrogen-bond acceptors (Lipinski definition) is 3. The zero-order valence-electron chi connectivity index (χ0n) is 12.1. The van der Waals surface area contributed by atoms with Crippen LogP contribution in [-0.2, 0) is 18.3 Å². The SMILES string of the molecule is CC(=O)NCCc1ccc(C(=O)Nc2ccn(C)n2)cc1. The van der Waals surface area contributed by atoms with E-state index in [2.05, 4.69) is 15.7 Å². The summed E-state index contributed by atoms with van der Waals surface area (Å²) in [6.45, 7) is 2.08. The van der Waals surface area contributed by atoms with Gasteiger partial charge in [-0.05, 0) is 24.1 Å². The van der Waals surface area contributed by atoms with Gasteiger partial charge in [-0.1, -0.05) is 12.1 Å². The first-order valence-corrected chi connectivity index (χ1v) is 6.69. The molecule has 0 spiro atoms. The molecule has 2 N–H and O–H groups in total. The van der Waals surface area contributed by atoms with Crippen LogP contribution < -0.4 is 10.6 Å². The number of hydrogen-bond donors (Lipinski definition) is 2. The number of carbonyl (C=O) groups excluding carboxylic acids is 2. The van der Waals surface area contributed by atoms with Crippen LogP contribution in [0.15, 0.2) is 36.5 Å². The number of aromatic nitrogens is 2. The summed E-state index contributed by atoms with van der Waals surface area (Å²) in [5.41, 5.74) is 1.64. The molecule has 2 rings (SSSR count). The third-order valence-electron chi connectivity index (χ3n) is 2.96. The second kappa shape index (κ2) is 6.69. The number of nitrogens with one attached hydrogen (secondary N) is 2. The normalized spacial score (nSPS) is 10.2. The Bertz CT molecular complexity index is 631. The van der Waals surface area contributed by atoms with Gasteiger partial charge in [-0.15, -0.1) is 0 Å². The molecular formula is C15H18N4O2. The van der Waals surface area contributed by atoms with Crippen molar-refractivity contribution >= 4 is 17.6 Å². The van der Waals surface area contributed by atoms with Gasteiger partial charge in [0, 0.05) is 38.3 Å². The Kier molecular flexibility index (Phi) is 4.71. The van der Waals surface area contributed by atoms with Crippen LogP contribution in [0.1, 0.15) is 22.8 Å². The van der Waals surface area contributed by atoms with Crippen LogP contribution in [0.25, 0.3) is 0 Å². The molecule has 0 bridgehead atoms. The highest BCUT2D eigenvalue weighted by Gasteiger charge is 2.07.